The van der Waals surface area contributed by atoms with Crippen molar-refractivity contribution >= 4 is 5.91 Å². The summed E-state index contributed by atoms with van der Waals surface area (Å²) in [7, 11) is 1.49. The van der Waals surface area contributed by atoms with Gasteiger partial charge in [-0.15, -0.1) is 0 Å². The minimum Gasteiger partial charge on any atom is -0.337 e. The number of hydrogen-bond acceptors (Lipinski definition) is 4. The van der Waals surface area contributed by atoms with Crippen LogP contribution in [0.15, 0.2) is 59.4 Å². The van der Waals surface area contributed by atoms with E-state index >= 15 is 0 Å². The third kappa shape index (κ3) is 4.56. The van der Waals surface area contributed by atoms with Crippen LogP contribution in [0.2, 0.25) is 0 Å². The summed E-state index contributed by atoms with van der Waals surface area (Å²) in [6.07, 6.45) is -2.85. The first-order valence-corrected chi connectivity index (χ1v) is 10.2. The number of amides is 1. The van der Waals surface area contributed by atoms with E-state index in [1.165, 1.54) is 25.2 Å². The minimum absolute atomic E-state index is 0.0500. The van der Waals surface area contributed by atoms with Crippen molar-refractivity contribution in [2.75, 3.05) is 13.1 Å². The molecule has 1 fully saturated rings. The van der Waals surface area contributed by atoms with E-state index < -0.39 is 11.7 Å². The molecule has 6 nitrogen and oxygen atoms in total. The number of alkyl halides is 3. The predicted octanol–water partition coefficient (Wildman–Crippen LogP) is 3.88. The SMILES string of the molecule is Cn1nc(C(=O)N2CCC[C@H](c3cccc(-c4cccc(C(F)(F)F)c4)n3)C2)ccc1=O. The summed E-state index contributed by atoms with van der Waals surface area (Å²) in [5.41, 5.74) is 0.746. The molecule has 1 atom stereocenters. The largest absolute Gasteiger partial charge is 0.416 e. The van der Waals surface area contributed by atoms with Gasteiger partial charge in [-0.05, 0) is 43.2 Å². The lowest BCUT2D eigenvalue weighted by molar-refractivity contribution is -0.137. The third-order valence-corrected chi connectivity index (χ3v) is 5.56. The molecule has 9 heteroatoms. The van der Waals surface area contributed by atoms with Crippen LogP contribution in [0, 0.1) is 0 Å². The Morgan fingerprint density at radius 2 is 1.88 bits per heavy atom. The fourth-order valence-corrected chi connectivity index (χ4v) is 3.88. The van der Waals surface area contributed by atoms with Gasteiger partial charge >= 0.3 is 6.18 Å². The standard InChI is InChI=1S/C23H21F3N4O2/c1-29-21(31)11-10-20(28-29)22(32)30-12-4-6-16(14-30)19-9-3-8-18(27-19)15-5-2-7-17(13-15)23(24,25)26/h2-3,5,7-11,13,16H,4,6,12,14H2,1H3/t16-/m0/s1. The number of halogens is 3. The molecule has 0 aliphatic carbocycles. The molecule has 32 heavy (non-hydrogen) atoms. The van der Waals surface area contributed by atoms with Crippen LogP contribution in [0.4, 0.5) is 13.2 Å². The molecule has 0 bridgehead atoms. The highest BCUT2D eigenvalue weighted by molar-refractivity contribution is 5.92. The van der Waals surface area contributed by atoms with Gasteiger partial charge in [-0.25, -0.2) is 4.68 Å². The summed E-state index contributed by atoms with van der Waals surface area (Å²) in [6, 6.07) is 13.1. The van der Waals surface area contributed by atoms with Crippen molar-refractivity contribution in [2.45, 2.75) is 24.9 Å². The smallest absolute Gasteiger partial charge is 0.337 e. The van der Waals surface area contributed by atoms with Crippen LogP contribution in [0.3, 0.4) is 0 Å². The number of aromatic nitrogens is 3. The number of aryl methyl sites for hydroxylation is 1. The maximum absolute atomic E-state index is 13.1. The van der Waals surface area contributed by atoms with Crippen LogP contribution < -0.4 is 5.56 Å². The zero-order chi connectivity index (χ0) is 22.9. The highest BCUT2D eigenvalue weighted by atomic mass is 19.4. The summed E-state index contributed by atoms with van der Waals surface area (Å²) in [4.78, 5) is 30.7. The van der Waals surface area contributed by atoms with Crippen LogP contribution in [0.5, 0.6) is 0 Å². The van der Waals surface area contributed by atoms with E-state index in [1.807, 2.05) is 6.07 Å². The van der Waals surface area contributed by atoms with E-state index in [0.717, 1.165) is 35.4 Å². The van der Waals surface area contributed by atoms with Gasteiger partial charge in [0.15, 0.2) is 0 Å². The van der Waals surface area contributed by atoms with Gasteiger partial charge in [-0.1, -0.05) is 18.2 Å². The Bertz CT molecular complexity index is 1210. The summed E-state index contributed by atoms with van der Waals surface area (Å²) < 4.78 is 40.4. The number of piperidine rings is 1. The number of carbonyl (C=O) groups excluding carboxylic acids is 1. The molecule has 1 amide bonds. The normalized spacial score (nSPS) is 16.8. The first kappa shape index (κ1) is 21.7. The second-order valence-electron chi connectivity index (χ2n) is 7.80. The number of likely N-dealkylation sites (tertiary alicyclic amines) is 1. The molecule has 166 valence electrons. The summed E-state index contributed by atoms with van der Waals surface area (Å²) in [6.45, 7) is 0.982. The number of nitrogens with zero attached hydrogens (tertiary/aromatic N) is 4. The lowest BCUT2D eigenvalue weighted by atomic mass is 9.93. The Morgan fingerprint density at radius 3 is 2.62 bits per heavy atom. The lowest BCUT2D eigenvalue weighted by Crippen LogP contribution is -2.40. The van der Waals surface area contributed by atoms with Crippen molar-refractivity contribution in [3.63, 3.8) is 0 Å². The van der Waals surface area contributed by atoms with E-state index in [2.05, 4.69) is 10.1 Å². The Morgan fingerprint density at radius 1 is 1.09 bits per heavy atom. The Kier molecular flexibility index (Phi) is 5.82. The quantitative estimate of drug-likeness (QED) is 0.618. The molecule has 1 aliphatic rings. The van der Waals surface area contributed by atoms with Crippen LogP contribution >= 0.6 is 0 Å². The van der Waals surface area contributed by atoms with Crippen molar-refractivity contribution in [3.8, 4) is 11.3 Å². The molecule has 0 unspecified atom stereocenters. The number of carbonyl (C=O) groups is 1. The molecule has 0 radical (unpaired) electrons. The molecule has 1 saturated heterocycles. The van der Waals surface area contributed by atoms with Gasteiger partial charge < -0.3 is 4.90 Å². The number of pyridine rings is 1. The maximum atomic E-state index is 13.1. The maximum Gasteiger partial charge on any atom is 0.416 e. The first-order chi connectivity index (χ1) is 15.2. The van der Waals surface area contributed by atoms with Gasteiger partial charge in [0.1, 0.15) is 5.69 Å². The number of benzene rings is 1. The zero-order valence-electron chi connectivity index (χ0n) is 17.3. The van der Waals surface area contributed by atoms with Crippen LogP contribution in [0.25, 0.3) is 11.3 Å². The average molecular weight is 442 g/mol. The number of hydrogen-bond donors (Lipinski definition) is 0. The zero-order valence-corrected chi connectivity index (χ0v) is 17.3. The molecule has 1 aromatic carbocycles. The molecule has 1 aliphatic heterocycles. The summed E-state index contributed by atoms with van der Waals surface area (Å²) >= 11 is 0. The van der Waals surface area contributed by atoms with Gasteiger partial charge in [-0.3, -0.25) is 14.6 Å². The predicted molar refractivity (Wildman–Crippen MR) is 112 cm³/mol. The van der Waals surface area contributed by atoms with E-state index in [0.29, 0.717) is 24.3 Å². The van der Waals surface area contributed by atoms with Crippen LogP contribution in [-0.4, -0.2) is 38.7 Å². The third-order valence-electron chi connectivity index (χ3n) is 5.56. The molecule has 0 spiro atoms. The summed E-state index contributed by atoms with van der Waals surface area (Å²) in [5.74, 6) is -0.315. The molecule has 0 saturated carbocycles. The number of rotatable bonds is 3. The first-order valence-electron chi connectivity index (χ1n) is 10.2. The van der Waals surface area contributed by atoms with Crippen LogP contribution in [0.1, 0.15) is 40.5 Å². The molecule has 0 N–H and O–H groups in total. The van der Waals surface area contributed by atoms with Crippen molar-refractivity contribution in [3.05, 3.63) is 81.9 Å². The van der Waals surface area contributed by atoms with Crippen molar-refractivity contribution in [1.82, 2.24) is 19.7 Å². The molecule has 2 aromatic heterocycles. The Labute approximate surface area is 182 Å². The Balaban J connectivity index is 1.56. The minimum atomic E-state index is -4.42. The van der Waals surface area contributed by atoms with E-state index in [1.54, 1.807) is 23.1 Å². The van der Waals surface area contributed by atoms with E-state index in [4.69, 9.17) is 0 Å². The van der Waals surface area contributed by atoms with Gasteiger partial charge in [0.25, 0.3) is 11.5 Å². The highest BCUT2D eigenvalue weighted by Gasteiger charge is 2.31. The highest BCUT2D eigenvalue weighted by Crippen LogP contribution is 2.33. The lowest BCUT2D eigenvalue weighted by Gasteiger charge is -2.32. The molecular formula is C23H21F3N4O2. The monoisotopic (exact) mass is 442 g/mol. The molecular weight excluding hydrogens is 421 g/mol. The second-order valence-corrected chi connectivity index (χ2v) is 7.80. The van der Waals surface area contributed by atoms with Crippen molar-refractivity contribution < 1.29 is 18.0 Å². The Hall–Kier alpha value is -3.49. The fourth-order valence-electron chi connectivity index (χ4n) is 3.88. The summed E-state index contributed by atoms with van der Waals surface area (Å²) in [5, 5.41) is 4.03. The van der Waals surface area contributed by atoms with Crippen molar-refractivity contribution in [1.29, 1.82) is 0 Å². The fraction of sp³-hybridized carbons (Fsp3) is 0.304. The average Bonchev–Trinajstić information content (AvgIpc) is 2.80. The van der Waals surface area contributed by atoms with E-state index in [9.17, 15) is 22.8 Å². The van der Waals surface area contributed by atoms with Gasteiger partial charge in [0, 0.05) is 43.4 Å². The topological polar surface area (TPSA) is 68.1 Å². The van der Waals surface area contributed by atoms with E-state index in [-0.39, 0.29) is 23.1 Å². The van der Waals surface area contributed by atoms with Crippen LogP contribution in [-0.2, 0) is 13.2 Å². The van der Waals surface area contributed by atoms with Gasteiger partial charge in [0.2, 0.25) is 0 Å². The van der Waals surface area contributed by atoms with Gasteiger partial charge in [0.05, 0.1) is 11.3 Å². The van der Waals surface area contributed by atoms with Crippen molar-refractivity contribution in [2.24, 2.45) is 7.05 Å². The molecule has 3 heterocycles. The molecule has 3 aromatic rings. The molecule has 4 rings (SSSR count). The van der Waals surface area contributed by atoms with Gasteiger partial charge in [-0.2, -0.15) is 18.3 Å². The second kappa shape index (κ2) is 8.57.